The van der Waals surface area contributed by atoms with Crippen LogP contribution < -0.4 is 10.1 Å². The van der Waals surface area contributed by atoms with Crippen molar-refractivity contribution in [2.75, 3.05) is 12.4 Å². The van der Waals surface area contributed by atoms with E-state index in [0.717, 1.165) is 11.3 Å². The number of ether oxygens (including phenoxy) is 1. The van der Waals surface area contributed by atoms with Gasteiger partial charge >= 0.3 is 0 Å². The molecule has 114 valence electrons. The monoisotopic (exact) mass is 297 g/mol. The highest BCUT2D eigenvalue weighted by Gasteiger charge is 2.02. The van der Waals surface area contributed by atoms with E-state index in [9.17, 15) is 9.90 Å². The highest BCUT2D eigenvalue weighted by molar-refractivity contribution is 6.04. The lowest BCUT2D eigenvalue weighted by atomic mass is 10.1. The lowest BCUT2D eigenvalue weighted by Gasteiger charge is -2.07. The second-order valence-electron chi connectivity index (χ2n) is 4.87. The first kappa shape index (κ1) is 15.8. The van der Waals surface area contributed by atoms with E-state index in [2.05, 4.69) is 5.32 Å². The van der Waals surface area contributed by atoms with E-state index < -0.39 is 6.10 Å². The Labute approximate surface area is 130 Å². The Bertz CT molecular complexity index is 660. The Morgan fingerprint density at radius 1 is 1.23 bits per heavy atom. The van der Waals surface area contributed by atoms with Crippen molar-refractivity contribution in [1.29, 1.82) is 0 Å². The first-order valence-electron chi connectivity index (χ1n) is 6.99. The number of benzene rings is 2. The number of hydrogen-bond acceptors (Lipinski definition) is 4. The molecule has 0 aliphatic heterocycles. The number of aliphatic hydroxyl groups is 1. The van der Waals surface area contributed by atoms with E-state index in [0.29, 0.717) is 11.3 Å². The van der Waals surface area contributed by atoms with Crippen molar-refractivity contribution in [1.82, 2.24) is 0 Å². The van der Waals surface area contributed by atoms with Gasteiger partial charge < -0.3 is 15.2 Å². The van der Waals surface area contributed by atoms with Gasteiger partial charge in [-0.2, -0.15) is 0 Å². The SMILES string of the molecule is COc1ccc(C(=O)/C=C/Nc2cccc([C@H](C)O)c2)cc1. The van der Waals surface area contributed by atoms with Gasteiger partial charge in [0, 0.05) is 23.5 Å². The zero-order chi connectivity index (χ0) is 15.9. The second kappa shape index (κ2) is 7.43. The predicted octanol–water partition coefficient (Wildman–Crippen LogP) is 3.56. The molecule has 2 rings (SSSR count). The molecule has 22 heavy (non-hydrogen) atoms. The van der Waals surface area contributed by atoms with Gasteiger partial charge in [0.15, 0.2) is 5.78 Å². The highest BCUT2D eigenvalue weighted by atomic mass is 16.5. The third kappa shape index (κ3) is 4.20. The summed E-state index contributed by atoms with van der Waals surface area (Å²) in [6.07, 6.45) is 2.54. The lowest BCUT2D eigenvalue weighted by molar-refractivity contribution is 0.104. The summed E-state index contributed by atoms with van der Waals surface area (Å²) >= 11 is 0. The number of hydrogen-bond donors (Lipinski definition) is 2. The number of anilines is 1. The van der Waals surface area contributed by atoms with E-state index in [-0.39, 0.29) is 5.78 Å². The molecule has 0 unspecified atom stereocenters. The van der Waals surface area contributed by atoms with Crippen LogP contribution in [0.5, 0.6) is 5.75 Å². The molecule has 0 fully saturated rings. The van der Waals surface area contributed by atoms with E-state index in [1.165, 1.54) is 6.08 Å². The Morgan fingerprint density at radius 2 is 1.95 bits per heavy atom. The first-order valence-corrected chi connectivity index (χ1v) is 6.99. The molecule has 2 N–H and O–H groups in total. The van der Waals surface area contributed by atoms with Crippen molar-refractivity contribution in [3.63, 3.8) is 0 Å². The number of nitrogens with one attached hydrogen (secondary N) is 1. The topological polar surface area (TPSA) is 58.6 Å². The number of methoxy groups -OCH3 is 1. The van der Waals surface area contributed by atoms with E-state index in [1.54, 1.807) is 44.5 Å². The van der Waals surface area contributed by atoms with Crippen LogP contribution in [0.3, 0.4) is 0 Å². The summed E-state index contributed by atoms with van der Waals surface area (Å²) < 4.78 is 5.06. The van der Waals surface area contributed by atoms with Crippen molar-refractivity contribution in [2.24, 2.45) is 0 Å². The fraction of sp³-hybridized carbons (Fsp3) is 0.167. The summed E-state index contributed by atoms with van der Waals surface area (Å²) in [4.78, 5) is 12.0. The summed E-state index contributed by atoms with van der Waals surface area (Å²) in [5, 5.41) is 12.6. The Morgan fingerprint density at radius 3 is 2.59 bits per heavy atom. The largest absolute Gasteiger partial charge is 0.497 e. The van der Waals surface area contributed by atoms with Crippen molar-refractivity contribution in [3.05, 3.63) is 71.9 Å². The van der Waals surface area contributed by atoms with Gasteiger partial charge in [0.25, 0.3) is 0 Å². The van der Waals surface area contributed by atoms with Crippen LogP contribution in [0.2, 0.25) is 0 Å². The van der Waals surface area contributed by atoms with Gasteiger partial charge in [-0.05, 0) is 48.9 Å². The van der Waals surface area contributed by atoms with Crippen molar-refractivity contribution < 1.29 is 14.6 Å². The molecular formula is C18H19NO3. The molecule has 0 aliphatic carbocycles. The molecule has 4 nitrogen and oxygen atoms in total. The van der Waals surface area contributed by atoms with Gasteiger partial charge in [0.1, 0.15) is 5.75 Å². The molecule has 0 spiro atoms. The summed E-state index contributed by atoms with van der Waals surface area (Å²) in [7, 11) is 1.59. The fourth-order valence-electron chi connectivity index (χ4n) is 1.95. The number of ketones is 1. The van der Waals surface area contributed by atoms with Gasteiger partial charge in [0.2, 0.25) is 0 Å². The zero-order valence-corrected chi connectivity index (χ0v) is 12.6. The second-order valence-corrected chi connectivity index (χ2v) is 4.87. The average molecular weight is 297 g/mol. The quantitative estimate of drug-likeness (QED) is 0.632. The van der Waals surface area contributed by atoms with Crippen LogP contribution >= 0.6 is 0 Å². The number of rotatable bonds is 6. The maximum absolute atomic E-state index is 12.0. The standard InChI is InChI=1S/C18H19NO3/c1-13(20)15-4-3-5-16(12-15)19-11-10-18(21)14-6-8-17(22-2)9-7-14/h3-13,19-20H,1-2H3/b11-10+/t13-/m0/s1. The molecule has 0 radical (unpaired) electrons. The van der Waals surface area contributed by atoms with Gasteiger partial charge in [-0.15, -0.1) is 0 Å². The predicted molar refractivity (Wildman–Crippen MR) is 87.2 cm³/mol. The molecule has 0 saturated carbocycles. The van der Waals surface area contributed by atoms with E-state index >= 15 is 0 Å². The fourth-order valence-corrected chi connectivity index (χ4v) is 1.95. The van der Waals surface area contributed by atoms with Gasteiger partial charge in [-0.3, -0.25) is 4.79 Å². The van der Waals surface area contributed by atoms with Crippen LogP contribution in [0.1, 0.15) is 28.9 Å². The van der Waals surface area contributed by atoms with Crippen LogP contribution in [0.25, 0.3) is 0 Å². The van der Waals surface area contributed by atoms with Gasteiger partial charge in [-0.25, -0.2) is 0 Å². The number of allylic oxidation sites excluding steroid dienone is 1. The van der Waals surface area contributed by atoms with Crippen molar-refractivity contribution >= 4 is 11.5 Å². The molecule has 0 bridgehead atoms. The Hall–Kier alpha value is -2.59. The minimum Gasteiger partial charge on any atom is -0.497 e. The van der Waals surface area contributed by atoms with Crippen molar-refractivity contribution in [3.8, 4) is 5.75 Å². The molecule has 2 aromatic carbocycles. The summed E-state index contributed by atoms with van der Waals surface area (Å²) in [5.41, 5.74) is 2.23. The van der Waals surface area contributed by atoms with E-state index in [1.807, 2.05) is 24.3 Å². The summed E-state index contributed by atoms with van der Waals surface area (Å²) in [5.74, 6) is 0.621. The minimum atomic E-state index is -0.522. The van der Waals surface area contributed by atoms with Crippen LogP contribution in [0, 0.1) is 0 Å². The Kier molecular flexibility index (Phi) is 5.33. The molecule has 4 heteroatoms. The Balaban J connectivity index is 1.99. The van der Waals surface area contributed by atoms with Gasteiger partial charge in [-0.1, -0.05) is 12.1 Å². The number of carbonyl (C=O) groups is 1. The molecule has 0 amide bonds. The lowest BCUT2D eigenvalue weighted by Crippen LogP contribution is -1.97. The summed E-state index contributed by atoms with van der Waals surface area (Å²) in [6.45, 7) is 1.71. The number of aliphatic hydroxyl groups excluding tert-OH is 1. The molecule has 1 atom stereocenters. The molecule has 2 aromatic rings. The minimum absolute atomic E-state index is 0.0955. The number of carbonyl (C=O) groups excluding carboxylic acids is 1. The average Bonchev–Trinajstić information content (AvgIpc) is 2.55. The third-order valence-corrected chi connectivity index (χ3v) is 3.23. The van der Waals surface area contributed by atoms with Gasteiger partial charge in [0.05, 0.1) is 13.2 Å². The van der Waals surface area contributed by atoms with Crippen LogP contribution in [-0.2, 0) is 0 Å². The first-order chi connectivity index (χ1) is 10.6. The van der Waals surface area contributed by atoms with Crippen LogP contribution in [-0.4, -0.2) is 18.0 Å². The van der Waals surface area contributed by atoms with E-state index in [4.69, 9.17) is 4.74 Å². The zero-order valence-electron chi connectivity index (χ0n) is 12.6. The third-order valence-electron chi connectivity index (χ3n) is 3.23. The molecular weight excluding hydrogens is 278 g/mol. The van der Waals surface area contributed by atoms with Crippen molar-refractivity contribution in [2.45, 2.75) is 13.0 Å². The van der Waals surface area contributed by atoms with Crippen LogP contribution in [0.4, 0.5) is 5.69 Å². The molecule has 0 heterocycles. The molecule has 0 aliphatic rings. The van der Waals surface area contributed by atoms with Crippen LogP contribution in [0.15, 0.2) is 60.8 Å². The maximum atomic E-state index is 12.0. The summed E-state index contributed by atoms with van der Waals surface area (Å²) in [6, 6.07) is 14.4. The molecule has 0 saturated heterocycles. The highest BCUT2D eigenvalue weighted by Crippen LogP contribution is 2.17. The maximum Gasteiger partial charge on any atom is 0.187 e. The normalized spacial score (nSPS) is 12.1. The smallest absolute Gasteiger partial charge is 0.187 e. The molecule has 0 aromatic heterocycles.